The summed E-state index contributed by atoms with van der Waals surface area (Å²) in [5, 5.41) is 19.8. The van der Waals surface area contributed by atoms with Crippen molar-refractivity contribution in [3.63, 3.8) is 0 Å². The van der Waals surface area contributed by atoms with Crippen LogP contribution in [-0.4, -0.2) is 48.5 Å². The summed E-state index contributed by atoms with van der Waals surface area (Å²) in [5.74, 6) is 1.22. The molecule has 0 bridgehead atoms. The van der Waals surface area contributed by atoms with Gasteiger partial charge >= 0.3 is 0 Å². The molecule has 2 heterocycles. The van der Waals surface area contributed by atoms with Gasteiger partial charge in [0.2, 0.25) is 5.91 Å². The molecule has 0 aliphatic carbocycles. The Labute approximate surface area is 187 Å². The number of aromatic nitrogens is 3. The van der Waals surface area contributed by atoms with E-state index in [1.165, 1.54) is 18.2 Å². The van der Waals surface area contributed by atoms with E-state index in [2.05, 4.69) is 24.0 Å². The highest BCUT2D eigenvalue weighted by Crippen LogP contribution is 2.31. The summed E-state index contributed by atoms with van der Waals surface area (Å²) < 4.78 is 1.98. The molecular formula is C24H28N4O2S. The Hall–Kier alpha value is -2.80. The summed E-state index contributed by atoms with van der Waals surface area (Å²) in [6.45, 7) is 4.82. The van der Waals surface area contributed by atoms with Crippen LogP contribution in [0.25, 0.3) is 11.4 Å². The molecule has 1 N–H and O–H groups in total. The van der Waals surface area contributed by atoms with E-state index in [0.29, 0.717) is 28.8 Å². The molecule has 0 spiro atoms. The van der Waals surface area contributed by atoms with Gasteiger partial charge in [-0.15, -0.1) is 10.2 Å². The van der Waals surface area contributed by atoms with Gasteiger partial charge in [-0.2, -0.15) is 0 Å². The molecule has 1 aromatic heterocycles. The van der Waals surface area contributed by atoms with Gasteiger partial charge in [-0.25, -0.2) is 0 Å². The maximum Gasteiger partial charge on any atom is 0.233 e. The second-order valence-corrected chi connectivity index (χ2v) is 9.06. The molecule has 162 valence electrons. The third-order valence-corrected chi connectivity index (χ3v) is 6.80. The molecule has 7 heteroatoms. The van der Waals surface area contributed by atoms with Gasteiger partial charge in [-0.3, -0.25) is 9.36 Å². The van der Waals surface area contributed by atoms with Gasteiger partial charge in [-0.05, 0) is 50.8 Å². The van der Waals surface area contributed by atoms with Crippen molar-refractivity contribution in [2.45, 2.75) is 56.9 Å². The highest BCUT2D eigenvalue weighted by atomic mass is 32.2. The molecule has 4 rings (SSSR count). The lowest BCUT2D eigenvalue weighted by Gasteiger charge is -2.39. The number of carbonyl (C=O) groups is 1. The SMILES string of the molecule is C[C@@H]1CCC[C@@H](C)N1C(=O)CSc1nnc(-c2ccccc2O)n1Cc1ccccc1. The molecule has 1 saturated heterocycles. The van der Waals surface area contributed by atoms with Gasteiger partial charge in [0.15, 0.2) is 11.0 Å². The average molecular weight is 437 g/mol. The van der Waals surface area contributed by atoms with E-state index in [1.807, 2.05) is 51.9 Å². The lowest BCUT2D eigenvalue weighted by atomic mass is 9.98. The number of phenolic OH excluding ortho intramolecular Hbond substituents is 1. The zero-order valence-corrected chi connectivity index (χ0v) is 18.8. The maximum absolute atomic E-state index is 13.0. The molecule has 0 saturated carbocycles. The predicted molar refractivity (Wildman–Crippen MR) is 123 cm³/mol. The normalized spacial score (nSPS) is 18.8. The van der Waals surface area contributed by atoms with Crippen molar-refractivity contribution >= 4 is 17.7 Å². The number of benzene rings is 2. The minimum atomic E-state index is 0.142. The second kappa shape index (κ2) is 9.56. The van der Waals surface area contributed by atoms with Crippen LogP contribution in [0.5, 0.6) is 5.75 Å². The van der Waals surface area contributed by atoms with E-state index in [4.69, 9.17) is 0 Å². The second-order valence-electron chi connectivity index (χ2n) is 8.11. The number of phenols is 1. The number of hydrogen-bond acceptors (Lipinski definition) is 5. The molecule has 0 radical (unpaired) electrons. The number of piperidine rings is 1. The van der Waals surface area contributed by atoms with Crippen molar-refractivity contribution in [2.75, 3.05) is 5.75 Å². The van der Waals surface area contributed by atoms with Crippen LogP contribution in [0, 0.1) is 0 Å². The lowest BCUT2D eigenvalue weighted by molar-refractivity contribution is -0.134. The Morgan fingerprint density at radius 2 is 1.71 bits per heavy atom. The third kappa shape index (κ3) is 4.77. The number of amides is 1. The Balaban J connectivity index is 1.60. The van der Waals surface area contributed by atoms with Crippen LogP contribution in [0.3, 0.4) is 0 Å². The van der Waals surface area contributed by atoms with Crippen LogP contribution < -0.4 is 0 Å². The number of carbonyl (C=O) groups excluding carboxylic acids is 1. The average Bonchev–Trinajstić information content (AvgIpc) is 3.15. The molecule has 2 aromatic carbocycles. The summed E-state index contributed by atoms with van der Waals surface area (Å²) >= 11 is 1.41. The Morgan fingerprint density at radius 1 is 1.03 bits per heavy atom. The van der Waals surface area contributed by atoms with Crippen LogP contribution >= 0.6 is 11.8 Å². The molecular weight excluding hydrogens is 408 g/mol. The van der Waals surface area contributed by atoms with Crippen molar-refractivity contribution in [1.29, 1.82) is 0 Å². The molecule has 31 heavy (non-hydrogen) atoms. The van der Waals surface area contributed by atoms with Crippen LogP contribution in [0.1, 0.15) is 38.7 Å². The van der Waals surface area contributed by atoms with Crippen LogP contribution in [0.15, 0.2) is 59.8 Å². The quantitative estimate of drug-likeness (QED) is 0.573. The fraction of sp³-hybridized carbons (Fsp3) is 0.375. The summed E-state index contributed by atoms with van der Waals surface area (Å²) in [4.78, 5) is 15.0. The Kier molecular flexibility index (Phi) is 6.61. The number of para-hydroxylation sites is 1. The zero-order chi connectivity index (χ0) is 21.8. The first-order valence-corrected chi connectivity index (χ1v) is 11.7. The molecule has 1 fully saturated rings. The fourth-order valence-electron chi connectivity index (χ4n) is 4.28. The lowest BCUT2D eigenvalue weighted by Crippen LogP contribution is -2.48. The Bertz CT molecular complexity index is 1030. The van der Waals surface area contributed by atoms with E-state index in [9.17, 15) is 9.90 Å². The van der Waals surface area contributed by atoms with Gasteiger partial charge in [-0.1, -0.05) is 54.2 Å². The molecule has 1 amide bonds. The number of thioether (sulfide) groups is 1. The van der Waals surface area contributed by atoms with E-state index in [-0.39, 0.29) is 23.7 Å². The molecule has 0 unspecified atom stereocenters. The van der Waals surface area contributed by atoms with Crippen LogP contribution in [0.2, 0.25) is 0 Å². The molecule has 3 aromatic rings. The zero-order valence-electron chi connectivity index (χ0n) is 17.9. The van der Waals surface area contributed by atoms with Crippen molar-refractivity contribution < 1.29 is 9.90 Å². The first-order valence-electron chi connectivity index (χ1n) is 10.7. The largest absolute Gasteiger partial charge is 0.507 e. The van der Waals surface area contributed by atoms with E-state index in [0.717, 1.165) is 18.4 Å². The highest BCUT2D eigenvalue weighted by Gasteiger charge is 2.29. The fourth-order valence-corrected chi connectivity index (χ4v) is 5.09. The molecule has 1 aliphatic heterocycles. The van der Waals surface area contributed by atoms with Gasteiger partial charge in [0, 0.05) is 12.1 Å². The number of hydrogen-bond donors (Lipinski definition) is 1. The van der Waals surface area contributed by atoms with Crippen molar-refractivity contribution in [2.24, 2.45) is 0 Å². The van der Waals surface area contributed by atoms with Gasteiger partial charge in [0.25, 0.3) is 0 Å². The number of rotatable bonds is 6. The minimum absolute atomic E-state index is 0.142. The first-order chi connectivity index (χ1) is 15.0. The van der Waals surface area contributed by atoms with Gasteiger partial charge < -0.3 is 10.0 Å². The van der Waals surface area contributed by atoms with Crippen LogP contribution in [-0.2, 0) is 11.3 Å². The number of likely N-dealkylation sites (tertiary alicyclic amines) is 1. The molecule has 1 aliphatic rings. The number of aromatic hydroxyl groups is 1. The van der Waals surface area contributed by atoms with E-state index >= 15 is 0 Å². The standard InChI is InChI=1S/C24H28N4O2S/c1-17-9-8-10-18(2)28(17)22(30)16-31-24-26-25-23(20-13-6-7-14-21(20)29)27(24)15-19-11-4-3-5-12-19/h3-7,11-14,17-18,29H,8-10,15-16H2,1-2H3/t17-,18-/m1/s1. The maximum atomic E-state index is 13.0. The topological polar surface area (TPSA) is 71.2 Å². The van der Waals surface area contributed by atoms with Crippen molar-refractivity contribution in [3.8, 4) is 17.1 Å². The summed E-state index contributed by atoms with van der Waals surface area (Å²) in [6, 6.07) is 17.7. The summed E-state index contributed by atoms with van der Waals surface area (Å²) in [7, 11) is 0. The summed E-state index contributed by atoms with van der Waals surface area (Å²) in [5.41, 5.74) is 1.73. The van der Waals surface area contributed by atoms with Crippen molar-refractivity contribution in [3.05, 3.63) is 60.2 Å². The van der Waals surface area contributed by atoms with Gasteiger partial charge in [0.1, 0.15) is 5.75 Å². The van der Waals surface area contributed by atoms with Gasteiger partial charge in [0.05, 0.1) is 17.9 Å². The van der Waals surface area contributed by atoms with E-state index < -0.39 is 0 Å². The van der Waals surface area contributed by atoms with Crippen molar-refractivity contribution in [1.82, 2.24) is 19.7 Å². The Morgan fingerprint density at radius 3 is 2.42 bits per heavy atom. The van der Waals surface area contributed by atoms with E-state index in [1.54, 1.807) is 12.1 Å². The summed E-state index contributed by atoms with van der Waals surface area (Å²) in [6.07, 6.45) is 3.29. The predicted octanol–water partition coefficient (Wildman–Crippen LogP) is 4.58. The number of nitrogens with zero attached hydrogens (tertiary/aromatic N) is 4. The monoisotopic (exact) mass is 436 g/mol. The minimum Gasteiger partial charge on any atom is -0.507 e. The molecule has 6 nitrogen and oxygen atoms in total. The highest BCUT2D eigenvalue weighted by molar-refractivity contribution is 7.99. The molecule has 2 atom stereocenters. The third-order valence-electron chi connectivity index (χ3n) is 5.85. The first kappa shape index (κ1) is 21.4. The smallest absolute Gasteiger partial charge is 0.233 e. The van der Waals surface area contributed by atoms with Crippen LogP contribution in [0.4, 0.5) is 0 Å².